The van der Waals surface area contributed by atoms with Gasteiger partial charge in [0, 0.05) is 19.8 Å². The molecule has 0 aliphatic carbocycles. The molecule has 0 bridgehead atoms. The van der Waals surface area contributed by atoms with Crippen LogP contribution < -0.4 is 4.90 Å². The Bertz CT molecular complexity index is 352. The van der Waals surface area contributed by atoms with Crippen LogP contribution in [0.1, 0.15) is 13.8 Å². The highest BCUT2D eigenvalue weighted by Crippen LogP contribution is 2.26. The molecule has 0 fully saturated rings. The quantitative estimate of drug-likeness (QED) is 0.931. The van der Waals surface area contributed by atoms with Crippen molar-refractivity contribution in [3.8, 4) is 0 Å². The minimum Gasteiger partial charge on any atom is -0.389 e. The molecule has 0 unspecified atom stereocenters. The van der Waals surface area contributed by atoms with Crippen LogP contribution in [0.3, 0.4) is 0 Å². The summed E-state index contributed by atoms with van der Waals surface area (Å²) in [5.74, 6) is 0.765. The first kappa shape index (κ1) is 12.7. The van der Waals surface area contributed by atoms with Gasteiger partial charge in [0.1, 0.15) is 5.82 Å². The van der Waals surface area contributed by atoms with Gasteiger partial charge in [0.2, 0.25) is 0 Å². The third-order valence-corrected chi connectivity index (χ3v) is 2.56. The molecule has 0 amide bonds. The summed E-state index contributed by atoms with van der Waals surface area (Å²) >= 11 is 9.18. The number of hydrogen-bond acceptors (Lipinski definition) is 3. The van der Waals surface area contributed by atoms with Crippen molar-refractivity contribution >= 4 is 33.3 Å². The van der Waals surface area contributed by atoms with E-state index >= 15 is 0 Å². The Hall–Kier alpha value is -0.320. The van der Waals surface area contributed by atoms with E-state index in [1.54, 1.807) is 26.1 Å². The molecule has 5 heteroatoms. The molecule has 0 spiro atoms. The second kappa shape index (κ2) is 4.68. The molecule has 0 saturated carbocycles. The van der Waals surface area contributed by atoms with Crippen LogP contribution in [0.5, 0.6) is 0 Å². The number of hydrogen-bond donors (Lipinski definition) is 1. The van der Waals surface area contributed by atoms with Crippen molar-refractivity contribution in [2.45, 2.75) is 19.4 Å². The van der Waals surface area contributed by atoms with E-state index in [1.807, 2.05) is 11.9 Å². The lowest BCUT2D eigenvalue weighted by Gasteiger charge is -2.27. The van der Waals surface area contributed by atoms with Crippen LogP contribution in [-0.4, -0.2) is 29.3 Å². The molecule has 1 rings (SSSR count). The molecule has 0 aliphatic heterocycles. The number of likely N-dealkylation sites (N-methyl/N-ethyl adjacent to an activating group) is 1. The van der Waals surface area contributed by atoms with Gasteiger partial charge in [-0.25, -0.2) is 4.98 Å². The molecule has 3 nitrogen and oxygen atoms in total. The number of rotatable bonds is 3. The molecular formula is C10H14BrClN2O. The van der Waals surface area contributed by atoms with Crippen LogP contribution in [0, 0.1) is 0 Å². The second-order valence-corrected chi connectivity index (χ2v) is 5.42. The molecule has 84 valence electrons. The van der Waals surface area contributed by atoms with E-state index < -0.39 is 5.60 Å². The lowest BCUT2D eigenvalue weighted by Crippen LogP contribution is -2.36. The zero-order valence-corrected chi connectivity index (χ0v) is 11.3. The highest BCUT2D eigenvalue weighted by Gasteiger charge is 2.18. The Morgan fingerprint density at radius 3 is 2.67 bits per heavy atom. The monoisotopic (exact) mass is 292 g/mol. The fourth-order valence-electron chi connectivity index (χ4n) is 1.34. The van der Waals surface area contributed by atoms with Gasteiger partial charge < -0.3 is 10.0 Å². The zero-order chi connectivity index (χ0) is 11.6. The second-order valence-electron chi connectivity index (χ2n) is 4.13. The van der Waals surface area contributed by atoms with E-state index in [0.717, 1.165) is 10.3 Å². The molecule has 0 atom stereocenters. The summed E-state index contributed by atoms with van der Waals surface area (Å²) in [4.78, 5) is 6.07. The number of aliphatic hydroxyl groups is 1. The summed E-state index contributed by atoms with van der Waals surface area (Å²) in [6.45, 7) is 4.01. The van der Waals surface area contributed by atoms with Gasteiger partial charge in [-0.15, -0.1) is 0 Å². The van der Waals surface area contributed by atoms with Gasteiger partial charge in [0.25, 0.3) is 0 Å². The van der Waals surface area contributed by atoms with Gasteiger partial charge >= 0.3 is 0 Å². The summed E-state index contributed by atoms with van der Waals surface area (Å²) in [7, 11) is 1.87. The molecule has 15 heavy (non-hydrogen) atoms. The predicted octanol–water partition coefficient (Wildman–Crippen LogP) is 2.70. The topological polar surface area (TPSA) is 36.4 Å². The van der Waals surface area contributed by atoms with Crippen molar-refractivity contribution in [2.75, 3.05) is 18.5 Å². The number of anilines is 1. The van der Waals surface area contributed by atoms with E-state index in [2.05, 4.69) is 20.9 Å². The molecule has 1 heterocycles. The molecular weight excluding hydrogens is 279 g/mol. The molecule has 0 radical (unpaired) electrons. The fraction of sp³-hybridized carbons (Fsp3) is 0.500. The van der Waals surface area contributed by atoms with Crippen molar-refractivity contribution < 1.29 is 5.11 Å². The van der Waals surface area contributed by atoms with E-state index in [9.17, 15) is 5.11 Å². The van der Waals surface area contributed by atoms with Crippen molar-refractivity contribution in [1.29, 1.82) is 0 Å². The van der Waals surface area contributed by atoms with Gasteiger partial charge in [-0.05, 0) is 35.8 Å². The lowest BCUT2D eigenvalue weighted by molar-refractivity contribution is 0.0884. The first-order valence-electron chi connectivity index (χ1n) is 4.54. The minimum atomic E-state index is -0.754. The maximum Gasteiger partial charge on any atom is 0.142 e. The Labute approximate surface area is 103 Å². The maximum atomic E-state index is 9.68. The summed E-state index contributed by atoms with van der Waals surface area (Å²) in [5.41, 5.74) is -0.754. The Morgan fingerprint density at radius 1 is 1.60 bits per heavy atom. The van der Waals surface area contributed by atoms with Gasteiger partial charge in [-0.1, -0.05) is 11.6 Å². The van der Waals surface area contributed by atoms with Crippen LogP contribution in [0.25, 0.3) is 0 Å². The van der Waals surface area contributed by atoms with Crippen molar-refractivity contribution in [1.82, 2.24) is 4.98 Å². The highest BCUT2D eigenvalue weighted by molar-refractivity contribution is 9.10. The van der Waals surface area contributed by atoms with Gasteiger partial charge in [-0.2, -0.15) is 0 Å². The van der Waals surface area contributed by atoms with Gasteiger partial charge in [0.05, 0.1) is 15.1 Å². The average Bonchev–Trinajstić information content (AvgIpc) is 1.99. The van der Waals surface area contributed by atoms with Crippen LogP contribution in [0.2, 0.25) is 5.02 Å². The zero-order valence-electron chi connectivity index (χ0n) is 8.96. The predicted molar refractivity (Wildman–Crippen MR) is 66.5 cm³/mol. The third kappa shape index (κ3) is 3.97. The summed E-state index contributed by atoms with van der Waals surface area (Å²) in [6, 6.07) is 1.78. The van der Waals surface area contributed by atoms with Crippen LogP contribution in [0.15, 0.2) is 16.7 Å². The smallest absolute Gasteiger partial charge is 0.142 e. The van der Waals surface area contributed by atoms with Gasteiger partial charge in [0.15, 0.2) is 0 Å². The fourth-order valence-corrected chi connectivity index (χ4v) is 2.28. The van der Waals surface area contributed by atoms with Crippen LogP contribution in [0.4, 0.5) is 5.82 Å². The Morgan fingerprint density at radius 2 is 2.20 bits per heavy atom. The summed E-state index contributed by atoms with van der Waals surface area (Å²) in [5, 5.41) is 10.3. The number of pyridine rings is 1. The molecule has 0 saturated heterocycles. The highest BCUT2D eigenvalue weighted by atomic mass is 79.9. The maximum absolute atomic E-state index is 9.68. The van der Waals surface area contributed by atoms with E-state index in [0.29, 0.717) is 11.6 Å². The minimum absolute atomic E-state index is 0.500. The lowest BCUT2D eigenvalue weighted by atomic mass is 10.1. The largest absolute Gasteiger partial charge is 0.389 e. The van der Waals surface area contributed by atoms with Crippen molar-refractivity contribution in [2.24, 2.45) is 0 Å². The summed E-state index contributed by atoms with van der Waals surface area (Å²) in [6.07, 6.45) is 1.59. The normalized spacial score (nSPS) is 11.6. The summed E-state index contributed by atoms with van der Waals surface area (Å²) < 4.78 is 0.821. The molecule has 0 aromatic carbocycles. The number of aromatic nitrogens is 1. The first-order valence-corrected chi connectivity index (χ1v) is 5.71. The number of nitrogens with zero attached hydrogens (tertiary/aromatic N) is 2. The Balaban J connectivity index is 2.87. The van der Waals surface area contributed by atoms with Gasteiger partial charge in [-0.3, -0.25) is 0 Å². The third-order valence-electron chi connectivity index (χ3n) is 1.77. The molecule has 1 aromatic heterocycles. The van der Waals surface area contributed by atoms with Crippen LogP contribution >= 0.6 is 27.5 Å². The standard InChI is InChI=1S/C10H14BrClN2O/c1-10(2,15)6-14(3)9-8(11)4-7(12)5-13-9/h4-5,15H,6H2,1-3H3. The SMILES string of the molecule is CN(CC(C)(C)O)c1ncc(Cl)cc1Br. The van der Waals surface area contributed by atoms with Crippen molar-refractivity contribution in [3.05, 3.63) is 21.8 Å². The van der Waals surface area contributed by atoms with E-state index in [-0.39, 0.29) is 0 Å². The molecule has 1 aromatic rings. The average molecular weight is 294 g/mol. The Kier molecular flexibility index (Phi) is 3.98. The first-order chi connectivity index (χ1) is 6.79. The van der Waals surface area contributed by atoms with E-state index in [4.69, 9.17) is 11.6 Å². The van der Waals surface area contributed by atoms with Crippen molar-refractivity contribution in [3.63, 3.8) is 0 Å². The van der Waals surface area contributed by atoms with Crippen LogP contribution in [-0.2, 0) is 0 Å². The molecule has 1 N–H and O–H groups in total. The molecule has 0 aliphatic rings. The number of halogens is 2. The van der Waals surface area contributed by atoms with E-state index in [1.165, 1.54) is 0 Å².